The van der Waals surface area contributed by atoms with Crippen molar-refractivity contribution in [3.63, 3.8) is 0 Å². The normalized spacial score (nSPS) is 15.2. The Hall–Kier alpha value is -3.62. The number of methoxy groups -OCH3 is 2. The van der Waals surface area contributed by atoms with Crippen molar-refractivity contribution in [2.75, 3.05) is 14.2 Å². The molecule has 3 aromatic heterocycles. The molecule has 0 aliphatic heterocycles. The van der Waals surface area contributed by atoms with Gasteiger partial charge in [-0.3, -0.25) is 0 Å². The highest BCUT2D eigenvalue weighted by Gasteiger charge is 2.23. The van der Waals surface area contributed by atoms with E-state index in [0.29, 0.717) is 23.4 Å². The van der Waals surface area contributed by atoms with Gasteiger partial charge in [-0.05, 0) is 50.5 Å². The summed E-state index contributed by atoms with van der Waals surface area (Å²) in [4.78, 5) is 15.1. The van der Waals surface area contributed by atoms with Crippen molar-refractivity contribution in [2.45, 2.75) is 65.0 Å². The topological polar surface area (TPSA) is 88.1 Å². The summed E-state index contributed by atoms with van der Waals surface area (Å²) in [6.07, 6.45) is 11.0. The zero-order valence-corrected chi connectivity index (χ0v) is 20.8. The lowest BCUT2D eigenvalue weighted by Gasteiger charge is -2.19. The lowest BCUT2D eigenvalue weighted by atomic mass is 10.1. The van der Waals surface area contributed by atoms with E-state index in [2.05, 4.69) is 28.7 Å². The van der Waals surface area contributed by atoms with Crippen LogP contribution >= 0.6 is 0 Å². The van der Waals surface area contributed by atoms with E-state index < -0.39 is 0 Å². The highest BCUT2D eigenvalue weighted by atomic mass is 16.6. The first-order valence-electron chi connectivity index (χ1n) is 12.2. The van der Waals surface area contributed by atoms with Gasteiger partial charge < -0.3 is 18.9 Å². The Kier molecular flexibility index (Phi) is 6.57. The van der Waals surface area contributed by atoms with Crippen LogP contribution in [0.4, 0.5) is 0 Å². The first-order valence-corrected chi connectivity index (χ1v) is 12.2. The standard InChI is InChI=1S/C26H32N6O3/c1-17-18(2)32(20-9-7-5-6-8-10-20)25-24(17)26-29-23(30-31(26)16-27-25)15-35-28-14-19-11-12-21(33-3)22(13-19)34-4/h11-14,16,20H,5-10,15H2,1-4H3/b28-14-. The van der Waals surface area contributed by atoms with Gasteiger partial charge in [0.1, 0.15) is 12.0 Å². The van der Waals surface area contributed by atoms with Crippen molar-refractivity contribution in [1.82, 2.24) is 24.1 Å². The number of rotatable bonds is 7. The molecule has 4 aromatic rings. The van der Waals surface area contributed by atoms with Crippen LogP contribution in [0.3, 0.4) is 0 Å². The first-order chi connectivity index (χ1) is 17.1. The predicted molar refractivity (Wildman–Crippen MR) is 134 cm³/mol. The van der Waals surface area contributed by atoms with Gasteiger partial charge >= 0.3 is 0 Å². The number of fused-ring (bicyclic) bond motifs is 3. The molecule has 0 radical (unpaired) electrons. The van der Waals surface area contributed by atoms with Gasteiger partial charge in [0.15, 0.2) is 29.6 Å². The second-order valence-corrected chi connectivity index (χ2v) is 9.09. The smallest absolute Gasteiger partial charge is 0.192 e. The summed E-state index contributed by atoms with van der Waals surface area (Å²) in [5, 5.41) is 9.71. The molecule has 1 saturated carbocycles. The molecule has 0 bridgehead atoms. The van der Waals surface area contributed by atoms with Gasteiger partial charge in [0.2, 0.25) is 0 Å². The Bertz CT molecular complexity index is 1360. The molecule has 0 saturated heterocycles. The number of aryl methyl sites for hydroxylation is 1. The summed E-state index contributed by atoms with van der Waals surface area (Å²) >= 11 is 0. The van der Waals surface area contributed by atoms with Crippen molar-refractivity contribution in [2.24, 2.45) is 5.16 Å². The molecule has 3 heterocycles. The van der Waals surface area contributed by atoms with Crippen LogP contribution in [0.2, 0.25) is 0 Å². The maximum absolute atomic E-state index is 5.50. The van der Waals surface area contributed by atoms with Gasteiger partial charge in [0, 0.05) is 17.3 Å². The molecule has 1 aliphatic rings. The minimum atomic E-state index is 0.161. The molecular formula is C26H32N6O3. The summed E-state index contributed by atoms with van der Waals surface area (Å²) in [5.41, 5.74) is 5.14. The van der Waals surface area contributed by atoms with Crippen LogP contribution < -0.4 is 9.47 Å². The summed E-state index contributed by atoms with van der Waals surface area (Å²) in [6.45, 7) is 4.51. The Labute approximate surface area is 204 Å². The van der Waals surface area contributed by atoms with Gasteiger partial charge in [-0.25, -0.2) is 14.5 Å². The van der Waals surface area contributed by atoms with E-state index in [0.717, 1.165) is 22.2 Å². The van der Waals surface area contributed by atoms with Crippen LogP contribution in [0.15, 0.2) is 29.7 Å². The van der Waals surface area contributed by atoms with Gasteiger partial charge in [0.05, 0.1) is 25.8 Å². The van der Waals surface area contributed by atoms with Crippen LogP contribution in [-0.4, -0.2) is 44.6 Å². The van der Waals surface area contributed by atoms with Crippen molar-refractivity contribution in [3.05, 3.63) is 47.2 Å². The van der Waals surface area contributed by atoms with E-state index >= 15 is 0 Å². The molecule has 9 nitrogen and oxygen atoms in total. The quantitative estimate of drug-likeness (QED) is 0.208. The third kappa shape index (κ3) is 4.42. The Balaban J connectivity index is 1.37. The Morgan fingerprint density at radius 3 is 2.54 bits per heavy atom. The molecule has 184 valence electrons. The average molecular weight is 477 g/mol. The van der Waals surface area contributed by atoms with Gasteiger partial charge in [-0.2, -0.15) is 0 Å². The minimum Gasteiger partial charge on any atom is -0.493 e. The van der Waals surface area contributed by atoms with E-state index in [9.17, 15) is 0 Å². The molecule has 35 heavy (non-hydrogen) atoms. The molecule has 0 amide bonds. The van der Waals surface area contributed by atoms with E-state index in [4.69, 9.17) is 24.3 Å². The van der Waals surface area contributed by atoms with E-state index in [-0.39, 0.29) is 6.61 Å². The van der Waals surface area contributed by atoms with Crippen molar-refractivity contribution in [1.29, 1.82) is 0 Å². The SMILES string of the molecule is COc1ccc(/C=N\OCc2nc3c4c(C)c(C)n(C5CCCCCC5)c4ncn3n2)cc1OC. The number of aromatic nitrogens is 5. The predicted octanol–water partition coefficient (Wildman–Crippen LogP) is 5.16. The summed E-state index contributed by atoms with van der Waals surface area (Å²) in [5.74, 6) is 1.86. The molecule has 0 unspecified atom stereocenters. The van der Waals surface area contributed by atoms with Crippen molar-refractivity contribution < 1.29 is 14.3 Å². The lowest BCUT2D eigenvalue weighted by Crippen LogP contribution is -2.10. The largest absolute Gasteiger partial charge is 0.493 e. The third-order valence-corrected chi connectivity index (χ3v) is 6.99. The summed E-state index contributed by atoms with van der Waals surface area (Å²) in [7, 11) is 3.21. The van der Waals surface area contributed by atoms with Crippen LogP contribution in [0, 0.1) is 13.8 Å². The summed E-state index contributed by atoms with van der Waals surface area (Å²) in [6, 6.07) is 6.04. The number of oxime groups is 1. The molecule has 0 atom stereocenters. The lowest BCUT2D eigenvalue weighted by molar-refractivity contribution is 0.126. The molecule has 1 aromatic carbocycles. The number of hydrogen-bond donors (Lipinski definition) is 0. The second kappa shape index (κ2) is 9.93. The zero-order valence-electron chi connectivity index (χ0n) is 20.8. The average Bonchev–Trinajstić information content (AvgIpc) is 3.26. The number of hydrogen-bond acceptors (Lipinski definition) is 7. The fourth-order valence-electron chi connectivity index (χ4n) is 5.08. The molecule has 0 spiro atoms. The highest BCUT2D eigenvalue weighted by molar-refractivity contribution is 5.94. The van der Waals surface area contributed by atoms with E-state index in [1.165, 1.54) is 49.8 Å². The molecule has 5 rings (SSSR count). The number of benzene rings is 1. The monoisotopic (exact) mass is 476 g/mol. The van der Waals surface area contributed by atoms with Crippen LogP contribution in [0.1, 0.15) is 67.2 Å². The molecule has 0 N–H and O–H groups in total. The molecule has 9 heteroatoms. The van der Waals surface area contributed by atoms with Crippen LogP contribution in [0.25, 0.3) is 16.7 Å². The Morgan fingerprint density at radius 1 is 1.03 bits per heavy atom. The van der Waals surface area contributed by atoms with Crippen LogP contribution in [-0.2, 0) is 11.4 Å². The van der Waals surface area contributed by atoms with Crippen molar-refractivity contribution in [3.8, 4) is 11.5 Å². The third-order valence-electron chi connectivity index (χ3n) is 6.99. The van der Waals surface area contributed by atoms with Crippen LogP contribution in [0.5, 0.6) is 11.5 Å². The van der Waals surface area contributed by atoms with E-state index in [1.807, 2.05) is 18.2 Å². The fraction of sp³-hybridized carbons (Fsp3) is 0.462. The molecule has 1 fully saturated rings. The number of ether oxygens (including phenoxy) is 2. The van der Waals surface area contributed by atoms with E-state index in [1.54, 1.807) is 31.3 Å². The van der Waals surface area contributed by atoms with Gasteiger partial charge in [0.25, 0.3) is 0 Å². The zero-order chi connectivity index (χ0) is 24.4. The molecular weight excluding hydrogens is 444 g/mol. The van der Waals surface area contributed by atoms with Gasteiger partial charge in [-0.15, -0.1) is 5.10 Å². The minimum absolute atomic E-state index is 0.161. The van der Waals surface area contributed by atoms with Crippen molar-refractivity contribution >= 4 is 22.9 Å². The number of nitrogens with zero attached hydrogens (tertiary/aromatic N) is 6. The second-order valence-electron chi connectivity index (χ2n) is 9.09. The fourth-order valence-corrected chi connectivity index (χ4v) is 5.08. The maximum atomic E-state index is 5.50. The Morgan fingerprint density at radius 2 is 1.80 bits per heavy atom. The summed E-state index contributed by atoms with van der Waals surface area (Å²) < 4.78 is 14.8. The highest BCUT2D eigenvalue weighted by Crippen LogP contribution is 2.35. The van der Waals surface area contributed by atoms with Gasteiger partial charge in [-0.1, -0.05) is 30.8 Å². The maximum Gasteiger partial charge on any atom is 0.192 e. The molecule has 1 aliphatic carbocycles. The first kappa shape index (κ1) is 23.1.